The van der Waals surface area contributed by atoms with Gasteiger partial charge in [-0.25, -0.2) is 22.6 Å². The van der Waals surface area contributed by atoms with Gasteiger partial charge in [-0.1, -0.05) is 36.0 Å². The lowest BCUT2D eigenvalue weighted by molar-refractivity contribution is 0.0173. The van der Waals surface area contributed by atoms with Crippen LogP contribution < -0.4 is 4.74 Å². The van der Waals surface area contributed by atoms with Gasteiger partial charge in [-0.05, 0) is 42.5 Å². The van der Waals surface area contributed by atoms with Gasteiger partial charge < -0.3 is 4.74 Å². The van der Waals surface area contributed by atoms with E-state index in [9.17, 15) is 22.4 Å². The number of amides is 1. The van der Waals surface area contributed by atoms with Crippen molar-refractivity contribution >= 4 is 22.7 Å². The third kappa shape index (κ3) is 4.59. The molecule has 1 aliphatic rings. The van der Waals surface area contributed by atoms with E-state index >= 15 is 0 Å². The highest BCUT2D eigenvalue weighted by atomic mass is 32.2. The summed E-state index contributed by atoms with van der Waals surface area (Å²) in [6, 6.07) is 15.1. The number of nitrogens with zero attached hydrogens (tertiary/aromatic N) is 2. The smallest absolute Gasteiger partial charge is 0.278 e. The average molecular weight is 474 g/mol. The molecule has 0 radical (unpaired) electrons. The van der Waals surface area contributed by atoms with Crippen molar-refractivity contribution in [2.24, 2.45) is 5.10 Å². The number of benzene rings is 3. The topological polar surface area (TPSA) is 41.9 Å². The Morgan fingerprint density at radius 2 is 1.76 bits per heavy atom. The van der Waals surface area contributed by atoms with Crippen LogP contribution in [0.25, 0.3) is 0 Å². The van der Waals surface area contributed by atoms with Gasteiger partial charge in [0.25, 0.3) is 11.8 Å². The van der Waals surface area contributed by atoms with Gasteiger partial charge in [0.15, 0.2) is 0 Å². The first-order valence-corrected chi connectivity index (χ1v) is 10.7. The van der Waals surface area contributed by atoms with Crippen LogP contribution in [0.3, 0.4) is 0 Å². The van der Waals surface area contributed by atoms with Crippen LogP contribution >= 0.6 is 11.8 Å². The maximum Gasteiger partial charge on any atom is 0.278 e. The van der Waals surface area contributed by atoms with E-state index in [1.807, 2.05) is 0 Å². The number of alkyl halides is 2. The van der Waals surface area contributed by atoms with Crippen LogP contribution in [0.1, 0.15) is 39.3 Å². The lowest BCUT2D eigenvalue weighted by atomic mass is 10.0. The number of thioether (sulfide) groups is 1. The van der Waals surface area contributed by atoms with Crippen LogP contribution in [-0.2, 0) is 5.92 Å². The number of ether oxygens (including phenoxy) is 1. The summed E-state index contributed by atoms with van der Waals surface area (Å²) in [4.78, 5) is 13.4. The predicted octanol–water partition coefficient (Wildman–Crippen LogP) is 6.33. The Bertz CT molecular complexity index is 1230. The van der Waals surface area contributed by atoms with E-state index in [1.54, 1.807) is 24.3 Å². The monoisotopic (exact) mass is 474 g/mol. The van der Waals surface area contributed by atoms with Gasteiger partial charge in [0.1, 0.15) is 27.8 Å². The van der Waals surface area contributed by atoms with Crippen molar-refractivity contribution in [2.75, 3.05) is 7.11 Å². The number of carbonyl (C=O) groups excluding carboxylic acids is 1. The molecule has 0 bridgehead atoms. The van der Waals surface area contributed by atoms with Crippen molar-refractivity contribution < 1.29 is 27.1 Å². The molecule has 0 spiro atoms. The highest BCUT2D eigenvalue weighted by Gasteiger charge is 2.38. The maximum atomic E-state index is 14.6. The maximum absolute atomic E-state index is 14.6. The summed E-state index contributed by atoms with van der Waals surface area (Å²) in [5, 5.41) is 5.02. The van der Waals surface area contributed by atoms with Crippen LogP contribution in [0, 0.1) is 11.6 Å². The minimum Gasteiger partial charge on any atom is -0.496 e. The Hall–Kier alpha value is -3.33. The van der Waals surface area contributed by atoms with Gasteiger partial charge in [0, 0.05) is 23.6 Å². The number of para-hydroxylation sites is 1. The fraction of sp³-hybridized carbons (Fsp3) is 0.167. The lowest BCUT2D eigenvalue weighted by Crippen LogP contribution is -2.27. The fourth-order valence-corrected chi connectivity index (χ4v) is 4.53. The second kappa shape index (κ2) is 8.90. The third-order valence-corrected chi connectivity index (χ3v) is 6.27. The van der Waals surface area contributed by atoms with Gasteiger partial charge in [-0.15, -0.1) is 0 Å². The van der Waals surface area contributed by atoms with E-state index in [4.69, 9.17) is 4.74 Å². The van der Waals surface area contributed by atoms with E-state index in [0.717, 1.165) is 23.2 Å². The second-order valence-electron chi connectivity index (χ2n) is 7.36. The van der Waals surface area contributed by atoms with Crippen molar-refractivity contribution in [3.05, 3.63) is 101 Å². The molecule has 33 heavy (non-hydrogen) atoms. The summed E-state index contributed by atoms with van der Waals surface area (Å²) in [5.74, 6) is -5.05. The van der Waals surface area contributed by atoms with E-state index in [1.165, 1.54) is 43.1 Å². The molecule has 9 heteroatoms. The number of methoxy groups -OCH3 is 1. The molecular formula is C24H18F4N2O2S. The van der Waals surface area contributed by atoms with Gasteiger partial charge in [-0.2, -0.15) is 5.10 Å². The van der Waals surface area contributed by atoms with Crippen LogP contribution in [0.2, 0.25) is 0 Å². The molecule has 0 aliphatic carbocycles. The first kappa shape index (κ1) is 22.8. The largest absolute Gasteiger partial charge is 0.496 e. The van der Waals surface area contributed by atoms with Crippen molar-refractivity contribution in [3.8, 4) is 5.75 Å². The molecular weight excluding hydrogens is 456 g/mol. The number of hydrogen-bond donors (Lipinski definition) is 0. The summed E-state index contributed by atoms with van der Waals surface area (Å²) < 4.78 is 61.1. The zero-order valence-electron chi connectivity index (χ0n) is 17.6. The van der Waals surface area contributed by atoms with E-state index in [0.29, 0.717) is 28.8 Å². The first-order chi connectivity index (χ1) is 15.7. The van der Waals surface area contributed by atoms with Gasteiger partial charge in [-0.3, -0.25) is 4.79 Å². The van der Waals surface area contributed by atoms with E-state index in [-0.39, 0.29) is 0 Å². The SMILES string of the molecule is COc1ccccc1C1SC(c2ccc(F)cc2)=NN1C(=O)c1cc(C(C)(F)F)ccc1F. The molecule has 170 valence electrons. The number of hydrazone groups is 1. The van der Waals surface area contributed by atoms with Crippen molar-refractivity contribution in [1.29, 1.82) is 0 Å². The molecule has 1 atom stereocenters. The second-order valence-corrected chi connectivity index (χ2v) is 8.43. The summed E-state index contributed by atoms with van der Waals surface area (Å²) >= 11 is 1.18. The number of carbonyl (C=O) groups is 1. The minimum atomic E-state index is -3.26. The van der Waals surface area contributed by atoms with Crippen LogP contribution in [0.4, 0.5) is 17.6 Å². The molecule has 1 heterocycles. The van der Waals surface area contributed by atoms with E-state index in [2.05, 4.69) is 5.10 Å². The molecule has 0 saturated carbocycles. The third-order valence-electron chi connectivity index (χ3n) is 5.05. The first-order valence-electron chi connectivity index (χ1n) is 9.84. The Morgan fingerprint density at radius 3 is 2.42 bits per heavy atom. The van der Waals surface area contributed by atoms with Crippen LogP contribution in [0.15, 0.2) is 71.8 Å². The molecule has 0 N–H and O–H groups in total. The summed E-state index contributed by atoms with van der Waals surface area (Å²) in [6.07, 6.45) is 0. The number of rotatable bonds is 5. The highest BCUT2D eigenvalue weighted by Crippen LogP contribution is 2.45. The fourth-order valence-electron chi connectivity index (χ4n) is 3.35. The van der Waals surface area contributed by atoms with E-state index < -0.39 is 40.0 Å². The zero-order chi connectivity index (χ0) is 23.8. The summed E-state index contributed by atoms with van der Waals surface area (Å²) in [6.45, 7) is 0.669. The quantitative estimate of drug-likeness (QED) is 0.406. The Kier molecular flexibility index (Phi) is 6.16. The van der Waals surface area contributed by atoms with Crippen molar-refractivity contribution in [1.82, 2.24) is 5.01 Å². The molecule has 3 aromatic rings. The molecule has 0 fully saturated rings. The Labute approximate surface area is 191 Å². The molecule has 4 rings (SSSR count). The number of halogens is 4. The highest BCUT2D eigenvalue weighted by molar-refractivity contribution is 8.14. The van der Waals surface area contributed by atoms with Gasteiger partial charge >= 0.3 is 0 Å². The van der Waals surface area contributed by atoms with Gasteiger partial charge in [0.05, 0.1) is 12.7 Å². The molecule has 3 aromatic carbocycles. The van der Waals surface area contributed by atoms with Crippen LogP contribution in [0.5, 0.6) is 5.75 Å². The summed E-state index contributed by atoms with van der Waals surface area (Å²) in [5.41, 5.74) is 0.108. The molecule has 4 nitrogen and oxygen atoms in total. The predicted molar refractivity (Wildman–Crippen MR) is 118 cm³/mol. The van der Waals surface area contributed by atoms with Crippen LogP contribution in [-0.4, -0.2) is 23.1 Å². The standard InChI is InChI=1S/C24H18F4N2O2S/c1-24(27,28)15-9-12-19(26)18(13-15)22(31)30-23(17-5-3-4-6-20(17)32-2)33-21(29-30)14-7-10-16(25)11-8-14/h3-13,23H,1-2H3. The molecule has 0 saturated heterocycles. The molecule has 1 amide bonds. The van der Waals surface area contributed by atoms with Crippen molar-refractivity contribution in [2.45, 2.75) is 18.2 Å². The number of hydrogen-bond acceptors (Lipinski definition) is 4. The lowest BCUT2D eigenvalue weighted by Gasteiger charge is -2.23. The van der Waals surface area contributed by atoms with Crippen molar-refractivity contribution in [3.63, 3.8) is 0 Å². The van der Waals surface area contributed by atoms with Gasteiger partial charge in [0.2, 0.25) is 0 Å². The molecule has 1 unspecified atom stereocenters. The molecule has 0 aromatic heterocycles. The minimum absolute atomic E-state index is 0.386. The Morgan fingerprint density at radius 1 is 1.06 bits per heavy atom. The summed E-state index contributed by atoms with van der Waals surface area (Å²) in [7, 11) is 1.47. The average Bonchev–Trinajstić information content (AvgIpc) is 3.24. The normalized spacial score (nSPS) is 16.0. The zero-order valence-corrected chi connectivity index (χ0v) is 18.4. The Balaban J connectivity index is 1.81. The molecule has 1 aliphatic heterocycles.